The van der Waals surface area contributed by atoms with E-state index in [4.69, 9.17) is 23.7 Å². The second-order valence-corrected chi connectivity index (χ2v) is 13.3. The van der Waals surface area contributed by atoms with Gasteiger partial charge in [0.05, 0.1) is 30.5 Å². The molecule has 39 heavy (non-hydrogen) atoms. The van der Waals surface area contributed by atoms with Gasteiger partial charge in [0, 0.05) is 25.7 Å². The zero-order valence-corrected chi connectivity index (χ0v) is 23.8. The molecule has 8 heteroatoms. The van der Waals surface area contributed by atoms with Crippen molar-refractivity contribution >= 4 is 5.97 Å². The number of rotatable bonds is 0. The van der Waals surface area contributed by atoms with E-state index in [0.717, 1.165) is 19.3 Å². The van der Waals surface area contributed by atoms with Crippen molar-refractivity contribution in [1.29, 1.82) is 0 Å². The van der Waals surface area contributed by atoms with Crippen LogP contribution in [0.2, 0.25) is 0 Å². The minimum atomic E-state index is -1.69. The molecular formula is C31H44O8. The predicted molar refractivity (Wildman–Crippen MR) is 143 cm³/mol. The van der Waals surface area contributed by atoms with Crippen LogP contribution in [0.25, 0.3) is 0 Å². The van der Waals surface area contributed by atoms with E-state index >= 15 is 0 Å². The van der Waals surface area contributed by atoms with E-state index in [0.29, 0.717) is 36.3 Å². The molecule has 2 N–H and O–H groups in total. The summed E-state index contributed by atoms with van der Waals surface area (Å²) in [6.07, 6.45) is 9.37. The Morgan fingerprint density at radius 3 is 2.62 bits per heavy atom. The Morgan fingerprint density at radius 1 is 1.05 bits per heavy atom. The normalized spacial score (nSPS) is 54.0. The Morgan fingerprint density at radius 2 is 1.85 bits per heavy atom. The molecule has 1 aliphatic carbocycles. The van der Waals surface area contributed by atoms with Crippen LogP contribution in [0.5, 0.6) is 0 Å². The van der Waals surface area contributed by atoms with E-state index in [9.17, 15) is 15.0 Å². The second-order valence-electron chi connectivity index (χ2n) is 13.3. The number of fused-ring (bicyclic) bond motifs is 3. The standard InChI is InChI=1S/C31H44O8/c1-17-7-6-8-21-16-35-27-26(32)19(3)11-24(31(21,27)34)28(33)36-23-12-22(13-25-29(5,14-17)39-25)38-30(15-23)10-9-18(2)20(4)37-30/h6-8,11,17-18,20,22-27,32,34H,9-10,12-16H2,1-5H3/b7-6+,21-8+/t17-,18-,20+,22-,23-,24-,25-,26+,27+,29-,30-,31+/m0/s1. The molecule has 216 valence electrons. The van der Waals surface area contributed by atoms with E-state index in [2.05, 4.69) is 33.8 Å². The summed E-state index contributed by atoms with van der Waals surface area (Å²) in [5.74, 6) is -1.64. The van der Waals surface area contributed by atoms with Crippen molar-refractivity contribution in [2.24, 2.45) is 17.8 Å². The molecule has 5 aliphatic heterocycles. The van der Waals surface area contributed by atoms with Gasteiger partial charge in [-0.15, -0.1) is 0 Å². The molecule has 0 aromatic rings. The first kappa shape index (κ1) is 27.6. The maximum Gasteiger partial charge on any atom is 0.316 e. The van der Waals surface area contributed by atoms with Gasteiger partial charge >= 0.3 is 5.97 Å². The van der Waals surface area contributed by atoms with Crippen LogP contribution in [-0.4, -0.2) is 76.4 Å². The van der Waals surface area contributed by atoms with Crippen molar-refractivity contribution in [2.75, 3.05) is 6.61 Å². The zero-order valence-electron chi connectivity index (χ0n) is 23.8. The Labute approximate surface area is 231 Å². The quantitative estimate of drug-likeness (QED) is 0.270. The van der Waals surface area contributed by atoms with Crippen LogP contribution in [0.4, 0.5) is 0 Å². The molecule has 6 aliphatic rings. The Bertz CT molecular complexity index is 1080. The molecule has 4 fully saturated rings. The lowest BCUT2D eigenvalue weighted by Gasteiger charge is -2.49. The van der Waals surface area contributed by atoms with Gasteiger partial charge in [-0.3, -0.25) is 4.79 Å². The summed E-state index contributed by atoms with van der Waals surface area (Å²) in [7, 11) is 0. The highest BCUT2D eigenvalue weighted by atomic mass is 16.7. The van der Waals surface area contributed by atoms with Crippen molar-refractivity contribution < 1.29 is 38.7 Å². The topological polar surface area (TPSA) is 107 Å². The number of ether oxygens (including phenoxy) is 5. The third kappa shape index (κ3) is 4.85. The minimum Gasteiger partial charge on any atom is -0.462 e. The van der Waals surface area contributed by atoms with Gasteiger partial charge in [0.2, 0.25) is 0 Å². The number of aliphatic hydroxyl groups is 2. The van der Waals surface area contributed by atoms with Crippen LogP contribution in [0.15, 0.2) is 35.5 Å². The summed E-state index contributed by atoms with van der Waals surface area (Å²) < 4.78 is 31.5. The lowest BCUT2D eigenvalue weighted by molar-refractivity contribution is -0.333. The first-order valence-corrected chi connectivity index (χ1v) is 14.7. The number of carbonyl (C=O) groups is 1. The highest BCUT2D eigenvalue weighted by Crippen LogP contribution is 2.50. The number of epoxide rings is 1. The van der Waals surface area contributed by atoms with E-state index < -0.39 is 41.6 Å². The number of hydrogen-bond donors (Lipinski definition) is 2. The summed E-state index contributed by atoms with van der Waals surface area (Å²) in [4.78, 5) is 13.9. The maximum absolute atomic E-state index is 13.9. The first-order valence-electron chi connectivity index (χ1n) is 14.7. The summed E-state index contributed by atoms with van der Waals surface area (Å²) >= 11 is 0. The van der Waals surface area contributed by atoms with E-state index in [1.165, 1.54) is 0 Å². The maximum atomic E-state index is 13.9. The summed E-state index contributed by atoms with van der Waals surface area (Å²) in [6, 6.07) is 0. The first-order chi connectivity index (χ1) is 18.4. The number of hydrogen-bond acceptors (Lipinski definition) is 8. The average Bonchev–Trinajstić information content (AvgIpc) is 3.34. The number of esters is 1. The summed E-state index contributed by atoms with van der Waals surface area (Å²) in [5.41, 5.74) is -0.759. The highest BCUT2D eigenvalue weighted by Gasteiger charge is 2.60. The third-order valence-corrected chi connectivity index (χ3v) is 10.2. The van der Waals surface area contributed by atoms with Crippen LogP contribution >= 0.6 is 0 Å². The van der Waals surface area contributed by atoms with Gasteiger partial charge < -0.3 is 33.9 Å². The van der Waals surface area contributed by atoms with Crippen LogP contribution in [-0.2, 0) is 28.5 Å². The van der Waals surface area contributed by atoms with Crippen LogP contribution < -0.4 is 0 Å². The number of carbonyl (C=O) groups excluding carboxylic acids is 1. The van der Waals surface area contributed by atoms with Crippen LogP contribution in [0.3, 0.4) is 0 Å². The van der Waals surface area contributed by atoms with Gasteiger partial charge in [-0.1, -0.05) is 38.2 Å². The summed E-state index contributed by atoms with van der Waals surface area (Å²) in [6.45, 7) is 10.5. The Kier molecular flexibility index (Phi) is 6.92. The minimum absolute atomic E-state index is 0.0389. The zero-order chi connectivity index (χ0) is 27.7. The molecule has 4 saturated heterocycles. The molecule has 5 heterocycles. The van der Waals surface area contributed by atoms with Gasteiger partial charge in [-0.25, -0.2) is 0 Å². The lowest BCUT2D eigenvalue weighted by atomic mass is 9.71. The van der Waals surface area contributed by atoms with E-state index in [1.54, 1.807) is 13.0 Å². The van der Waals surface area contributed by atoms with Crippen molar-refractivity contribution in [3.8, 4) is 0 Å². The molecule has 0 radical (unpaired) electrons. The molecule has 0 unspecified atom stereocenters. The fourth-order valence-electron chi connectivity index (χ4n) is 7.57. The van der Waals surface area contributed by atoms with Crippen LogP contribution in [0, 0.1) is 17.8 Å². The van der Waals surface area contributed by atoms with Gasteiger partial charge in [0.15, 0.2) is 5.79 Å². The van der Waals surface area contributed by atoms with E-state index in [-0.39, 0.29) is 36.4 Å². The molecule has 0 saturated carbocycles. The highest BCUT2D eigenvalue weighted by molar-refractivity contribution is 5.78. The fraction of sp³-hybridized carbons (Fsp3) is 0.774. The van der Waals surface area contributed by atoms with Crippen molar-refractivity contribution in [3.05, 3.63) is 35.5 Å². The Hall–Kier alpha value is -1.55. The fourth-order valence-corrected chi connectivity index (χ4v) is 7.57. The molecule has 0 amide bonds. The summed E-state index contributed by atoms with van der Waals surface area (Å²) in [5, 5.41) is 22.9. The van der Waals surface area contributed by atoms with Crippen molar-refractivity contribution in [3.63, 3.8) is 0 Å². The largest absolute Gasteiger partial charge is 0.462 e. The van der Waals surface area contributed by atoms with Crippen LogP contribution in [0.1, 0.15) is 73.1 Å². The van der Waals surface area contributed by atoms with Gasteiger partial charge in [0.25, 0.3) is 0 Å². The lowest BCUT2D eigenvalue weighted by Crippen LogP contribution is -2.58. The number of aliphatic hydroxyl groups excluding tert-OH is 1. The molecule has 0 aromatic heterocycles. The van der Waals surface area contributed by atoms with Gasteiger partial charge in [-0.2, -0.15) is 0 Å². The van der Waals surface area contributed by atoms with Gasteiger partial charge in [-0.05, 0) is 56.6 Å². The second kappa shape index (κ2) is 9.78. The Balaban J connectivity index is 1.36. The molecular weight excluding hydrogens is 500 g/mol. The molecule has 0 aromatic carbocycles. The van der Waals surface area contributed by atoms with Crippen molar-refractivity contribution in [2.45, 2.75) is 127 Å². The van der Waals surface area contributed by atoms with E-state index in [1.807, 2.05) is 12.2 Å². The molecule has 6 rings (SSSR count). The monoisotopic (exact) mass is 544 g/mol. The van der Waals surface area contributed by atoms with Crippen molar-refractivity contribution in [1.82, 2.24) is 0 Å². The molecule has 12 atom stereocenters. The SMILES string of the molecule is CC1=C[C@H]2C(=O)O[C@H]3C[C@@H](C[C@@H]4O[C@@]4(C)C[C@@H](C)/C=C/C=C4\CO[C@H]([C@@H]1O)[C@@]42O)O[C@@]1(CC[C@H](C)[C@@H](C)O1)C3. The molecule has 2 bridgehead atoms. The van der Waals surface area contributed by atoms with Gasteiger partial charge in [0.1, 0.15) is 29.8 Å². The smallest absolute Gasteiger partial charge is 0.316 e. The molecule has 1 spiro atoms. The third-order valence-electron chi connectivity index (χ3n) is 10.2. The molecule has 8 nitrogen and oxygen atoms in total. The number of allylic oxidation sites excluding steroid dienone is 3. The average molecular weight is 545 g/mol. The predicted octanol–water partition coefficient (Wildman–Crippen LogP) is 3.75.